The van der Waals surface area contributed by atoms with Gasteiger partial charge in [-0.3, -0.25) is 4.72 Å². The van der Waals surface area contributed by atoms with Crippen molar-refractivity contribution in [2.24, 2.45) is 0 Å². The Morgan fingerprint density at radius 2 is 1.74 bits per heavy atom. The molecular formula is C23H18F3N5O3S. The summed E-state index contributed by atoms with van der Waals surface area (Å²) in [5.74, 6) is -6.42. The Balaban J connectivity index is 1.63. The topological polar surface area (TPSA) is 120 Å². The third-order valence-corrected chi connectivity index (χ3v) is 6.02. The summed E-state index contributed by atoms with van der Waals surface area (Å²) in [6.45, 7) is 1.82. The molecule has 4 rings (SSSR count). The average molecular weight is 501 g/mol. The van der Waals surface area contributed by atoms with Crippen molar-refractivity contribution in [2.45, 2.75) is 12.7 Å². The molecule has 3 N–H and O–H groups in total. The first kappa shape index (κ1) is 24.0. The highest BCUT2D eigenvalue weighted by Gasteiger charge is 2.25. The maximum absolute atomic E-state index is 14.8. The molecule has 2 aromatic heterocycles. The third kappa shape index (κ3) is 5.49. The van der Waals surface area contributed by atoms with Gasteiger partial charge in [-0.15, -0.1) is 0 Å². The lowest BCUT2D eigenvalue weighted by Crippen LogP contribution is -2.18. The van der Waals surface area contributed by atoms with Crippen molar-refractivity contribution in [3.63, 3.8) is 0 Å². The molecule has 0 unspecified atom stereocenters. The van der Waals surface area contributed by atoms with Crippen LogP contribution in [0.15, 0.2) is 60.9 Å². The molecule has 0 aliphatic heterocycles. The number of nitrogens with two attached hydrogens (primary N) is 1. The van der Waals surface area contributed by atoms with Gasteiger partial charge >= 0.3 is 0 Å². The zero-order valence-corrected chi connectivity index (χ0v) is 19.0. The smallest absolute Gasteiger partial charge is 0.237 e. The van der Waals surface area contributed by atoms with Gasteiger partial charge in [-0.2, -0.15) is 4.39 Å². The third-order valence-electron chi connectivity index (χ3n) is 4.79. The van der Waals surface area contributed by atoms with Crippen molar-refractivity contribution >= 4 is 21.7 Å². The van der Waals surface area contributed by atoms with Crippen LogP contribution in [-0.4, -0.2) is 23.4 Å². The van der Waals surface area contributed by atoms with E-state index in [0.717, 1.165) is 5.56 Å². The highest BCUT2D eigenvalue weighted by atomic mass is 32.2. The van der Waals surface area contributed by atoms with Crippen molar-refractivity contribution in [1.82, 2.24) is 15.0 Å². The minimum absolute atomic E-state index is 0.0390. The van der Waals surface area contributed by atoms with Crippen LogP contribution in [0.5, 0.6) is 11.6 Å². The first-order chi connectivity index (χ1) is 16.6. The number of hydrogen-bond acceptors (Lipinski definition) is 7. The van der Waals surface area contributed by atoms with Gasteiger partial charge in [-0.1, -0.05) is 29.8 Å². The fourth-order valence-electron chi connectivity index (χ4n) is 3.13. The molecule has 0 fully saturated rings. The molecule has 0 saturated heterocycles. The molecule has 12 heteroatoms. The summed E-state index contributed by atoms with van der Waals surface area (Å²) < 4.78 is 76.3. The van der Waals surface area contributed by atoms with Gasteiger partial charge in [0.2, 0.25) is 27.7 Å². The zero-order valence-electron chi connectivity index (χ0n) is 18.2. The molecular weight excluding hydrogens is 483 g/mol. The number of halogens is 3. The van der Waals surface area contributed by atoms with E-state index in [1.807, 2.05) is 6.92 Å². The fourth-order valence-corrected chi connectivity index (χ4v) is 4.33. The van der Waals surface area contributed by atoms with Crippen LogP contribution in [0.25, 0.3) is 11.3 Å². The number of benzene rings is 2. The van der Waals surface area contributed by atoms with Crippen LogP contribution >= 0.6 is 0 Å². The summed E-state index contributed by atoms with van der Waals surface area (Å²) in [7, 11) is -4.26. The van der Waals surface area contributed by atoms with Gasteiger partial charge in [0, 0.05) is 18.5 Å². The lowest BCUT2D eigenvalue weighted by molar-refractivity contribution is 0.401. The SMILES string of the molecule is Cc1ccc(CS(=O)(=O)Nc2c(F)cc(Oc3ncccc3-c3ccnc(N)n3)c(F)c2F)cc1. The van der Waals surface area contributed by atoms with E-state index >= 15 is 0 Å². The van der Waals surface area contributed by atoms with E-state index in [1.165, 1.54) is 24.5 Å². The molecule has 0 amide bonds. The lowest BCUT2D eigenvalue weighted by Gasteiger charge is -2.14. The van der Waals surface area contributed by atoms with Crippen molar-refractivity contribution in [3.05, 3.63) is 89.5 Å². The Hall–Kier alpha value is -4.19. The quantitative estimate of drug-likeness (QED) is 0.356. The predicted molar refractivity (Wildman–Crippen MR) is 123 cm³/mol. The predicted octanol–water partition coefficient (Wildman–Crippen LogP) is 4.58. The summed E-state index contributed by atoms with van der Waals surface area (Å²) in [6, 6.07) is 11.6. The van der Waals surface area contributed by atoms with Crippen LogP contribution in [0.3, 0.4) is 0 Å². The van der Waals surface area contributed by atoms with E-state index in [-0.39, 0.29) is 23.1 Å². The van der Waals surface area contributed by atoms with Crippen LogP contribution in [0.2, 0.25) is 0 Å². The summed E-state index contributed by atoms with van der Waals surface area (Å²) in [5.41, 5.74) is 6.26. The average Bonchev–Trinajstić information content (AvgIpc) is 2.82. The second-order valence-corrected chi connectivity index (χ2v) is 9.19. The van der Waals surface area contributed by atoms with Gasteiger partial charge in [0.15, 0.2) is 17.4 Å². The van der Waals surface area contributed by atoms with Crippen LogP contribution < -0.4 is 15.2 Å². The van der Waals surface area contributed by atoms with Gasteiger partial charge in [0.1, 0.15) is 5.69 Å². The largest absolute Gasteiger partial charge is 0.435 e. The van der Waals surface area contributed by atoms with Crippen LogP contribution in [0.1, 0.15) is 11.1 Å². The zero-order chi connectivity index (χ0) is 25.2. The summed E-state index contributed by atoms with van der Waals surface area (Å²) in [6.07, 6.45) is 2.70. The summed E-state index contributed by atoms with van der Waals surface area (Å²) >= 11 is 0. The minimum Gasteiger partial charge on any atom is -0.435 e. The summed E-state index contributed by atoms with van der Waals surface area (Å²) in [4.78, 5) is 11.8. The second kappa shape index (κ2) is 9.58. The van der Waals surface area contributed by atoms with Crippen molar-refractivity contribution in [2.75, 3.05) is 10.5 Å². The number of hydrogen-bond donors (Lipinski definition) is 2. The summed E-state index contributed by atoms with van der Waals surface area (Å²) in [5, 5.41) is 0. The van der Waals surface area contributed by atoms with Gasteiger partial charge in [0.05, 0.1) is 17.0 Å². The Kier molecular flexibility index (Phi) is 6.56. The molecule has 0 atom stereocenters. The first-order valence-electron chi connectivity index (χ1n) is 10.1. The van der Waals surface area contributed by atoms with Crippen molar-refractivity contribution in [3.8, 4) is 22.9 Å². The molecule has 8 nitrogen and oxygen atoms in total. The molecule has 0 bridgehead atoms. The molecule has 0 spiro atoms. The Labute approximate surface area is 198 Å². The molecule has 2 aromatic carbocycles. The normalized spacial score (nSPS) is 11.3. The first-order valence-corrected chi connectivity index (χ1v) is 11.7. The minimum atomic E-state index is -4.26. The van der Waals surface area contributed by atoms with E-state index in [4.69, 9.17) is 10.5 Å². The number of rotatable bonds is 7. The number of anilines is 2. The highest BCUT2D eigenvalue weighted by molar-refractivity contribution is 7.91. The molecule has 2 heterocycles. The number of aromatic nitrogens is 3. The lowest BCUT2D eigenvalue weighted by atomic mass is 10.2. The van der Waals surface area contributed by atoms with Crippen LogP contribution in [0.4, 0.5) is 24.8 Å². The number of pyridine rings is 1. The number of aryl methyl sites for hydroxylation is 1. The number of sulfonamides is 1. The molecule has 0 aliphatic rings. The van der Waals surface area contributed by atoms with E-state index in [0.29, 0.717) is 11.6 Å². The molecule has 35 heavy (non-hydrogen) atoms. The molecule has 4 aromatic rings. The van der Waals surface area contributed by atoms with Crippen molar-refractivity contribution in [1.29, 1.82) is 0 Å². The van der Waals surface area contributed by atoms with Crippen molar-refractivity contribution < 1.29 is 26.3 Å². The maximum atomic E-state index is 14.8. The van der Waals surface area contributed by atoms with E-state index in [9.17, 15) is 21.6 Å². The number of ether oxygens (including phenoxy) is 1. The molecule has 0 aliphatic carbocycles. The highest BCUT2D eigenvalue weighted by Crippen LogP contribution is 2.35. The maximum Gasteiger partial charge on any atom is 0.237 e. The van der Waals surface area contributed by atoms with Gasteiger partial charge in [-0.25, -0.2) is 32.2 Å². The van der Waals surface area contributed by atoms with Crippen LogP contribution in [-0.2, 0) is 15.8 Å². The Morgan fingerprint density at radius 3 is 2.46 bits per heavy atom. The monoisotopic (exact) mass is 501 g/mol. The fraction of sp³-hybridized carbons (Fsp3) is 0.0870. The van der Waals surface area contributed by atoms with E-state index in [1.54, 1.807) is 35.1 Å². The Morgan fingerprint density at radius 1 is 1.00 bits per heavy atom. The van der Waals surface area contributed by atoms with E-state index < -0.39 is 44.7 Å². The van der Waals surface area contributed by atoms with Gasteiger partial charge < -0.3 is 10.5 Å². The van der Waals surface area contributed by atoms with Crippen LogP contribution in [0, 0.1) is 24.4 Å². The second-order valence-electron chi connectivity index (χ2n) is 7.46. The van der Waals surface area contributed by atoms with E-state index in [2.05, 4.69) is 15.0 Å². The Bertz CT molecular complexity index is 1500. The number of nitrogens with one attached hydrogen (secondary N) is 1. The number of nitrogen functional groups attached to an aromatic ring is 1. The van der Waals surface area contributed by atoms with Gasteiger partial charge in [0.25, 0.3) is 0 Å². The molecule has 0 radical (unpaired) electrons. The molecule has 180 valence electrons. The molecule has 0 saturated carbocycles. The number of nitrogens with zero attached hydrogens (tertiary/aromatic N) is 3. The van der Waals surface area contributed by atoms with Gasteiger partial charge in [-0.05, 0) is 30.7 Å². The standard InChI is InChI=1S/C23H18F3N5O3S/c1-13-4-6-14(7-5-13)12-35(32,33)31-21-16(24)11-18(19(25)20(21)26)34-22-15(3-2-9-28-22)17-8-10-29-23(27)30-17/h2-11,31H,12H2,1H3,(H2,27,29,30).